The van der Waals surface area contributed by atoms with Crippen LogP contribution in [0.1, 0.15) is 58.5 Å². The summed E-state index contributed by atoms with van der Waals surface area (Å²) in [7, 11) is 0. The van der Waals surface area contributed by atoms with Crippen LogP contribution in [0.4, 0.5) is 5.00 Å². The Labute approximate surface area is 200 Å². The third kappa shape index (κ3) is 4.45. The number of hydrogen-bond donors (Lipinski definition) is 2. The fourth-order valence-electron chi connectivity index (χ4n) is 4.13. The number of halogens is 2. The maximum Gasteiger partial charge on any atom is 0.292 e. The lowest BCUT2D eigenvalue weighted by Crippen LogP contribution is -2.27. The van der Waals surface area contributed by atoms with Crippen molar-refractivity contribution in [1.82, 2.24) is 0 Å². The molecule has 0 aliphatic heterocycles. The Balaban J connectivity index is 1.60. The SMILES string of the molecule is CC(C)(C)[C@H]1CCc2c(sc(NC(=O)c3ccc(-c4ccc(Cl)cc4Cl)o3)c2C(N)=O)C1. The lowest BCUT2D eigenvalue weighted by molar-refractivity contribution is 0.0997. The number of primary amides is 1. The summed E-state index contributed by atoms with van der Waals surface area (Å²) in [6.45, 7) is 6.69. The normalized spacial score (nSPS) is 16.0. The van der Waals surface area contributed by atoms with E-state index in [0.717, 1.165) is 29.7 Å². The number of rotatable bonds is 4. The van der Waals surface area contributed by atoms with Crippen LogP contribution in [0.2, 0.25) is 10.0 Å². The Kier molecular flexibility index (Phi) is 6.14. The maximum atomic E-state index is 12.9. The molecular formula is C24H24Cl2N2O3S. The van der Waals surface area contributed by atoms with E-state index in [1.807, 2.05) is 0 Å². The summed E-state index contributed by atoms with van der Waals surface area (Å²) in [4.78, 5) is 26.3. The van der Waals surface area contributed by atoms with E-state index in [-0.39, 0.29) is 11.2 Å². The van der Waals surface area contributed by atoms with Gasteiger partial charge in [0.1, 0.15) is 10.8 Å². The van der Waals surface area contributed by atoms with E-state index in [0.29, 0.717) is 37.9 Å². The Morgan fingerprint density at radius 2 is 1.94 bits per heavy atom. The first-order chi connectivity index (χ1) is 15.0. The standard InChI is InChI=1S/C24H24Cl2N2O3S/c1-24(2,3)12-4-6-15-19(10-12)32-23(20(15)21(27)29)28-22(30)18-9-8-17(31-18)14-7-5-13(25)11-16(14)26/h5,7-9,11-12H,4,6,10H2,1-3H3,(H2,27,29)(H,28,30)/t12-/m0/s1. The van der Waals surface area contributed by atoms with Crippen LogP contribution in [0.5, 0.6) is 0 Å². The van der Waals surface area contributed by atoms with Crippen LogP contribution in [0.3, 0.4) is 0 Å². The fraction of sp³-hybridized carbons (Fsp3) is 0.333. The molecule has 5 nitrogen and oxygen atoms in total. The smallest absolute Gasteiger partial charge is 0.292 e. The van der Waals surface area contributed by atoms with Crippen LogP contribution in [0, 0.1) is 11.3 Å². The predicted molar refractivity (Wildman–Crippen MR) is 130 cm³/mol. The lowest BCUT2D eigenvalue weighted by Gasteiger charge is -2.33. The maximum absolute atomic E-state index is 12.9. The highest BCUT2D eigenvalue weighted by Gasteiger charge is 2.33. The fourth-order valence-corrected chi connectivity index (χ4v) is 5.96. The second-order valence-electron chi connectivity index (χ2n) is 9.12. The monoisotopic (exact) mass is 490 g/mol. The van der Waals surface area contributed by atoms with E-state index in [9.17, 15) is 9.59 Å². The molecule has 0 saturated heterocycles. The molecule has 1 atom stereocenters. The van der Waals surface area contributed by atoms with E-state index in [2.05, 4.69) is 26.1 Å². The highest BCUT2D eigenvalue weighted by Crippen LogP contribution is 2.44. The minimum atomic E-state index is -0.528. The van der Waals surface area contributed by atoms with Gasteiger partial charge in [0.2, 0.25) is 0 Å². The number of fused-ring (bicyclic) bond motifs is 1. The Morgan fingerprint density at radius 3 is 2.59 bits per heavy atom. The van der Waals surface area contributed by atoms with Crippen molar-refractivity contribution in [3.63, 3.8) is 0 Å². The van der Waals surface area contributed by atoms with Crippen molar-refractivity contribution in [2.45, 2.75) is 40.0 Å². The van der Waals surface area contributed by atoms with Gasteiger partial charge in [-0.15, -0.1) is 11.3 Å². The minimum Gasteiger partial charge on any atom is -0.451 e. The molecule has 2 heterocycles. The number of carbonyl (C=O) groups is 2. The molecule has 1 aromatic carbocycles. The summed E-state index contributed by atoms with van der Waals surface area (Å²) in [5.41, 5.74) is 7.88. The van der Waals surface area contributed by atoms with Gasteiger partial charge in [-0.05, 0) is 66.5 Å². The average Bonchev–Trinajstić information content (AvgIpc) is 3.31. The van der Waals surface area contributed by atoms with Crippen LogP contribution >= 0.6 is 34.5 Å². The summed E-state index contributed by atoms with van der Waals surface area (Å²) >= 11 is 13.6. The molecule has 2 aromatic heterocycles. The van der Waals surface area contributed by atoms with Crippen molar-refractivity contribution in [1.29, 1.82) is 0 Å². The molecular weight excluding hydrogens is 467 g/mol. The van der Waals surface area contributed by atoms with E-state index < -0.39 is 11.8 Å². The molecule has 0 saturated carbocycles. The van der Waals surface area contributed by atoms with Crippen molar-refractivity contribution in [2.75, 3.05) is 5.32 Å². The molecule has 2 amide bonds. The van der Waals surface area contributed by atoms with Gasteiger partial charge in [0.15, 0.2) is 5.76 Å². The molecule has 1 aliphatic rings. The van der Waals surface area contributed by atoms with Crippen LogP contribution in [-0.2, 0) is 12.8 Å². The zero-order valence-electron chi connectivity index (χ0n) is 18.1. The summed E-state index contributed by atoms with van der Waals surface area (Å²) in [6, 6.07) is 8.29. The number of anilines is 1. The third-order valence-electron chi connectivity index (χ3n) is 5.99. The molecule has 0 spiro atoms. The number of furan rings is 1. The van der Waals surface area contributed by atoms with Crippen LogP contribution in [-0.4, -0.2) is 11.8 Å². The van der Waals surface area contributed by atoms with Gasteiger partial charge >= 0.3 is 0 Å². The molecule has 168 valence electrons. The van der Waals surface area contributed by atoms with Gasteiger partial charge in [0.25, 0.3) is 11.8 Å². The first-order valence-electron chi connectivity index (χ1n) is 10.4. The molecule has 3 aromatic rings. The van der Waals surface area contributed by atoms with E-state index >= 15 is 0 Å². The zero-order chi connectivity index (χ0) is 23.2. The Hall–Kier alpha value is -2.28. The van der Waals surface area contributed by atoms with Crippen molar-refractivity contribution in [2.24, 2.45) is 17.1 Å². The molecule has 1 aliphatic carbocycles. The van der Waals surface area contributed by atoms with Gasteiger partial charge in [0.05, 0.1) is 10.6 Å². The summed E-state index contributed by atoms with van der Waals surface area (Å²) in [6.07, 6.45) is 2.64. The predicted octanol–water partition coefficient (Wildman–Crippen LogP) is 6.82. The molecule has 4 rings (SSSR count). The molecule has 0 fully saturated rings. The molecule has 3 N–H and O–H groups in total. The summed E-state index contributed by atoms with van der Waals surface area (Å²) < 4.78 is 5.74. The van der Waals surface area contributed by atoms with Gasteiger partial charge < -0.3 is 15.5 Å². The number of carbonyl (C=O) groups excluding carboxylic acids is 2. The van der Waals surface area contributed by atoms with Gasteiger partial charge in [-0.25, -0.2) is 0 Å². The first-order valence-corrected chi connectivity index (χ1v) is 11.9. The molecule has 32 heavy (non-hydrogen) atoms. The van der Waals surface area contributed by atoms with E-state index in [1.54, 1.807) is 30.3 Å². The highest BCUT2D eigenvalue weighted by molar-refractivity contribution is 7.17. The molecule has 0 bridgehead atoms. The minimum absolute atomic E-state index is 0.111. The van der Waals surface area contributed by atoms with Crippen molar-refractivity contribution in [3.05, 3.63) is 62.1 Å². The Morgan fingerprint density at radius 1 is 1.19 bits per heavy atom. The molecule has 8 heteroatoms. The zero-order valence-corrected chi connectivity index (χ0v) is 20.4. The van der Waals surface area contributed by atoms with Gasteiger partial charge in [-0.1, -0.05) is 44.0 Å². The van der Waals surface area contributed by atoms with Gasteiger partial charge in [-0.2, -0.15) is 0 Å². The van der Waals surface area contributed by atoms with Crippen molar-refractivity contribution >= 4 is 51.4 Å². The third-order valence-corrected chi connectivity index (χ3v) is 7.71. The average molecular weight is 491 g/mol. The van der Waals surface area contributed by atoms with Crippen molar-refractivity contribution < 1.29 is 14.0 Å². The number of thiophene rings is 1. The quantitative estimate of drug-likeness (QED) is 0.420. The second-order valence-corrected chi connectivity index (χ2v) is 11.1. The summed E-state index contributed by atoms with van der Waals surface area (Å²) in [5.74, 6) is 0.0930. The number of nitrogens with two attached hydrogens (primary N) is 1. The second kappa shape index (κ2) is 8.58. The number of nitrogens with one attached hydrogen (secondary N) is 1. The van der Waals surface area contributed by atoms with E-state index in [4.69, 9.17) is 33.4 Å². The molecule has 0 unspecified atom stereocenters. The molecule has 0 radical (unpaired) electrons. The van der Waals surface area contributed by atoms with Gasteiger partial charge in [0, 0.05) is 15.5 Å². The number of hydrogen-bond acceptors (Lipinski definition) is 4. The Bertz CT molecular complexity index is 1210. The van der Waals surface area contributed by atoms with Crippen LogP contribution in [0.25, 0.3) is 11.3 Å². The highest BCUT2D eigenvalue weighted by atomic mass is 35.5. The van der Waals surface area contributed by atoms with Crippen LogP contribution < -0.4 is 11.1 Å². The number of amides is 2. The largest absolute Gasteiger partial charge is 0.451 e. The van der Waals surface area contributed by atoms with E-state index in [1.165, 1.54) is 11.3 Å². The number of benzene rings is 1. The van der Waals surface area contributed by atoms with Crippen LogP contribution in [0.15, 0.2) is 34.7 Å². The van der Waals surface area contributed by atoms with Crippen molar-refractivity contribution in [3.8, 4) is 11.3 Å². The van der Waals surface area contributed by atoms with Gasteiger partial charge in [-0.3, -0.25) is 9.59 Å². The topological polar surface area (TPSA) is 85.3 Å². The summed E-state index contributed by atoms with van der Waals surface area (Å²) in [5, 5.41) is 4.25. The first kappa shape index (κ1) is 22.9. The lowest BCUT2D eigenvalue weighted by atomic mass is 9.72.